The number of nitrogens with one attached hydrogen (secondary N) is 2. The smallest absolute Gasteiger partial charge is 0.234 e. The van der Waals surface area contributed by atoms with E-state index < -0.39 is 0 Å². The number of nitrogens with zero attached hydrogens (tertiary/aromatic N) is 3. The zero-order chi connectivity index (χ0) is 19.9. The summed E-state index contributed by atoms with van der Waals surface area (Å²) < 4.78 is 19.9. The van der Waals surface area contributed by atoms with Crippen LogP contribution in [0.2, 0.25) is 0 Å². The molecule has 1 amide bonds. The van der Waals surface area contributed by atoms with Gasteiger partial charge in [-0.2, -0.15) is 0 Å². The number of amides is 1. The zero-order valence-electron chi connectivity index (χ0n) is 15.5. The molecule has 0 saturated carbocycles. The molecule has 3 rings (SSSR count). The third-order valence-electron chi connectivity index (χ3n) is 3.93. The number of methoxy groups -OCH3 is 1. The molecule has 0 fully saturated rings. The van der Waals surface area contributed by atoms with Gasteiger partial charge >= 0.3 is 0 Å². The van der Waals surface area contributed by atoms with E-state index in [0.717, 1.165) is 17.3 Å². The van der Waals surface area contributed by atoms with E-state index in [4.69, 9.17) is 4.74 Å². The molecular formula is C19H20FN5O2S. The summed E-state index contributed by atoms with van der Waals surface area (Å²) in [5.74, 6) is 1.17. The summed E-state index contributed by atoms with van der Waals surface area (Å²) in [6.07, 6.45) is 0. The highest BCUT2D eigenvalue weighted by molar-refractivity contribution is 7.99. The van der Waals surface area contributed by atoms with Crippen LogP contribution in [0.15, 0.2) is 53.7 Å². The van der Waals surface area contributed by atoms with Gasteiger partial charge in [0.25, 0.3) is 0 Å². The minimum absolute atomic E-state index is 0.176. The molecule has 0 aliphatic rings. The topological polar surface area (TPSA) is 81.1 Å². The number of carbonyl (C=O) groups is 1. The van der Waals surface area contributed by atoms with Crippen LogP contribution < -0.4 is 15.4 Å². The van der Waals surface area contributed by atoms with Crippen LogP contribution in [0.5, 0.6) is 5.75 Å². The Morgan fingerprint density at radius 3 is 2.46 bits per heavy atom. The first-order chi connectivity index (χ1) is 13.5. The number of thioether (sulfide) groups is 1. The number of hydrogen-bond donors (Lipinski definition) is 2. The Morgan fingerprint density at radius 1 is 1.11 bits per heavy atom. The highest BCUT2D eigenvalue weighted by Crippen LogP contribution is 2.18. The van der Waals surface area contributed by atoms with Gasteiger partial charge in [0.2, 0.25) is 5.91 Å². The Hall–Kier alpha value is -3.07. The van der Waals surface area contributed by atoms with Crippen LogP contribution >= 0.6 is 11.8 Å². The van der Waals surface area contributed by atoms with Crippen LogP contribution in [0.25, 0.3) is 0 Å². The summed E-state index contributed by atoms with van der Waals surface area (Å²) in [5, 5.41) is 14.9. The van der Waals surface area contributed by atoms with Gasteiger partial charge in [-0.15, -0.1) is 10.2 Å². The zero-order valence-corrected chi connectivity index (χ0v) is 16.3. The van der Waals surface area contributed by atoms with Gasteiger partial charge in [-0.1, -0.05) is 11.8 Å². The molecule has 3 aromatic rings. The van der Waals surface area contributed by atoms with Gasteiger partial charge in [0.15, 0.2) is 11.0 Å². The number of aromatic nitrogens is 3. The number of anilines is 2. The fraction of sp³-hybridized carbons (Fsp3) is 0.211. The number of benzene rings is 2. The Balaban J connectivity index is 1.50. The van der Waals surface area contributed by atoms with Crippen LogP contribution in [0.4, 0.5) is 15.8 Å². The molecule has 0 bridgehead atoms. The van der Waals surface area contributed by atoms with E-state index in [0.29, 0.717) is 17.4 Å². The van der Waals surface area contributed by atoms with Crippen LogP contribution in [0.1, 0.15) is 5.82 Å². The second-order valence-electron chi connectivity index (χ2n) is 5.88. The van der Waals surface area contributed by atoms with Crippen molar-refractivity contribution in [3.63, 3.8) is 0 Å². The predicted molar refractivity (Wildman–Crippen MR) is 107 cm³/mol. The maximum Gasteiger partial charge on any atom is 0.234 e. The fourth-order valence-electron chi connectivity index (χ4n) is 2.38. The molecule has 1 heterocycles. The Bertz CT molecular complexity index is 929. The molecule has 1 aromatic heterocycles. The standard InChI is InChI=1S/C19H20FN5O2S/c1-25-17(11-21-14-7-9-16(27-2)10-8-14)23-24-19(25)28-12-18(26)22-15-5-3-13(20)4-6-15/h3-10,21H,11-12H2,1-2H3,(H,22,26). The Labute approximate surface area is 166 Å². The van der Waals surface area contributed by atoms with E-state index in [9.17, 15) is 9.18 Å². The molecule has 0 atom stereocenters. The SMILES string of the molecule is COc1ccc(NCc2nnc(SCC(=O)Nc3ccc(F)cc3)n2C)cc1. The van der Waals surface area contributed by atoms with Crippen LogP contribution in [-0.2, 0) is 18.4 Å². The van der Waals surface area contributed by atoms with E-state index in [1.165, 1.54) is 36.0 Å². The molecule has 0 saturated heterocycles. The molecular weight excluding hydrogens is 381 g/mol. The second kappa shape index (κ2) is 9.23. The van der Waals surface area contributed by atoms with Crippen molar-refractivity contribution in [2.45, 2.75) is 11.7 Å². The van der Waals surface area contributed by atoms with Crippen LogP contribution in [0, 0.1) is 5.82 Å². The maximum absolute atomic E-state index is 12.9. The van der Waals surface area contributed by atoms with Crippen LogP contribution in [0.3, 0.4) is 0 Å². The monoisotopic (exact) mass is 401 g/mol. The molecule has 0 spiro atoms. The predicted octanol–water partition coefficient (Wildman–Crippen LogP) is 3.31. The minimum atomic E-state index is -0.345. The Kier molecular flexibility index (Phi) is 6.49. The minimum Gasteiger partial charge on any atom is -0.497 e. The average Bonchev–Trinajstić information content (AvgIpc) is 3.06. The number of carbonyl (C=O) groups excluding carboxylic acids is 1. The van der Waals surface area contributed by atoms with E-state index in [2.05, 4.69) is 20.8 Å². The van der Waals surface area contributed by atoms with Gasteiger partial charge in [-0.05, 0) is 48.5 Å². The summed E-state index contributed by atoms with van der Waals surface area (Å²) in [6, 6.07) is 13.2. The summed E-state index contributed by atoms with van der Waals surface area (Å²) in [5.41, 5.74) is 1.49. The van der Waals surface area contributed by atoms with Crippen LogP contribution in [-0.4, -0.2) is 33.5 Å². The maximum atomic E-state index is 12.9. The lowest BCUT2D eigenvalue weighted by atomic mass is 10.3. The lowest BCUT2D eigenvalue weighted by Gasteiger charge is -2.08. The molecule has 0 radical (unpaired) electrons. The first-order valence-corrected chi connectivity index (χ1v) is 9.48. The lowest BCUT2D eigenvalue weighted by Crippen LogP contribution is -2.14. The Morgan fingerprint density at radius 2 is 1.79 bits per heavy atom. The normalized spacial score (nSPS) is 10.5. The first-order valence-electron chi connectivity index (χ1n) is 8.49. The first kappa shape index (κ1) is 19.7. The quantitative estimate of drug-likeness (QED) is 0.564. The van der Waals surface area contributed by atoms with Gasteiger partial charge in [-0.3, -0.25) is 4.79 Å². The van der Waals surface area contributed by atoms with Gasteiger partial charge < -0.3 is 19.9 Å². The fourth-order valence-corrected chi connectivity index (χ4v) is 3.11. The summed E-state index contributed by atoms with van der Waals surface area (Å²) >= 11 is 1.28. The van der Waals surface area contributed by atoms with Crippen molar-refractivity contribution < 1.29 is 13.9 Å². The van der Waals surface area contributed by atoms with Crippen molar-refractivity contribution in [2.24, 2.45) is 7.05 Å². The van der Waals surface area contributed by atoms with Gasteiger partial charge in [-0.25, -0.2) is 4.39 Å². The molecule has 2 aromatic carbocycles. The third kappa shape index (κ3) is 5.23. The third-order valence-corrected chi connectivity index (χ3v) is 4.95. The molecule has 0 aliphatic carbocycles. The van der Waals surface area contributed by atoms with Gasteiger partial charge in [0, 0.05) is 18.4 Å². The largest absolute Gasteiger partial charge is 0.497 e. The van der Waals surface area contributed by atoms with Crippen molar-refractivity contribution in [3.8, 4) is 5.75 Å². The second-order valence-corrected chi connectivity index (χ2v) is 6.83. The molecule has 7 nitrogen and oxygen atoms in total. The number of halogens is 1. The van der Waals surface area contributed by atoms with E-state index >= 15 is 0 Å². The molecule has 146 valence electrons. The van der Waals surface area contributed by atoms with Crippen molar-refractivity contribution in [1.82, 2.24) is 14.8 Å². The molecule has 0 aliphatic heterocycles. The molecule has 9 heteroatoms. The van der Waals surface area contributed by atoms with Gasteiger partial charge in [0.05, 0.1) is 19.4 Å². The number of rotatable bonds is 8. The summed E-state index contributed by atoms with van der Waals surface area (Å²) in [6.45, 7) is 0.498. The van der Waals surface area contributed by atoms with Gasteiger partial charge in [0.1, 0.15) is 11.6 Å². The van der Waals surface area contributed by atoms with E-state index in [1.54, 1.807) is 7.11 Å². The van der Waals surface area contributed by atoms with Crippen molar-refractivity contribution in [1.29, 1.82) is 0 Å². The molecule has 0 unspecified atom stereocenters. The highest BCUT2D eigenvalue weighted by atomic mass is 32.2. The summed E-state index contributed by atoms with van der Waals surface area (Å²) in [7, 11) is 3.48. The number of ether oxygens (including phenoxy) is 1. The van der Waals surface area contributed by atoms with Crippen molar-refractivity contribution >= 4 is 29.0 Å². The molecule has 2 N–H and O–H groups in total. The summed E-state index contributed by atoms with van der Waals surface area (Å²) in [4.78, 5) is 12.0. The highest BCUT2D eigenvalue weighted by Gasteiger charge is 2.11. The lowest BCUT2D eigenvalue weighted by molar-refractivity contribution is -0.113. The van der Waals surface area contributed by atoms with E-state index in [-0.39, 0.29) is 17.5 Å². The van der Waals surface area contributed by atoms with Crippen molar-refractivity contribution in [2.75, 3.05) is 23.5 Å². The van der Waals surface area contributed by atoms with E-state index in [1.807, 2.05) is 35.9 Å². The molecule has 28 heavy (non-hydrogen) atoms. The van der Waals surface area contributed by atoms with Crippen molar-refractivity contribution in [3.05, 3.63) is 60.2 Å². The average molecular weight is 401 g/mol. The number of hydrogen-bond acceptors (Lipinski definition) is 6.